The third kappa shape index (κ3) is 4.65. The monoisotopic (exact) mass is 566 g/mol. The van der Waals surface area contributed by atoms with Crippen LogP contribution in [0.4, 0.5) is 0 Å². The summed E-state index contributed by atoms with van der Waals surface area (Å²) in [6, 6.07) is 21.0. The summed E-state index contributed by atoms with van der Waals surface area (Å²) in [5.41, 5.74) is 0. The SMILES string of the molecule is CC1(C)OC2=C(C3COC(C)(C)O3)O[C@H]([Se]c3ccccc3)C([Se]c3ccccc3)=C2O1. The van der Waals surface area contributed by atoms with Gasteiger partial charge in [0.25, 0.3) is 0 Å². The molecule has 2 saturated heterocycles. The van der Waals surface area contributed by atoms with Crippen LogP contribution in [0.25, 0.3) is 0 Å². The molecule has 168 valence electrons. The van der Waals surface area contributed by atoms with Crippen molar-refractivity contribution >= 4 is 38.8 Å². The normalized spacial score (nSPS) is 25.8. The van der Waals surface area contributed by atoms with E-state index in [2.05, 4.69) is 48.5 Å². The predicted molar refractivity (Wildman–Crippen MR) is 124 cm³/mol. The molecule has 32 heavy (non-hydrogen) atoms. The molecule has 7 heteroatoms. The number of rotatable bonds is 5. The van der Waals surface area contributed by atoms with Crippen molar-refractivity contribution in [3.63, 3.8) is 0 Å². The van der Waals surface area contributed by atoms with E-state index in [9.17, 15) is 0 Å². The topological polar surface area (TPSA) is 46.2 Å². The zero-order valence-corrected chi connectivity index (χ0v) is 21.9. The van der Waals surface area contributed by atoms with Gasteiger partial charge in [-0.05, 0) is 0 Å². The first-order chi connectivity index (χ1) is 15.3. The van der Waals surface area contributed by atoms with E-state index in [0.717, 1.165) is 5.76 Å². The first-order valence-electron chi connectivity index (χ1n) is 10.6. The molecule has 0 aromatic heterocycles. The Morgan fingerprint density at radius 3 is 2.03 bits per heavy atom. The Morgan fingerprint density at radius 1 is 0.781 bits per heavy atom. The summed E-state index contributed by atoms with van der Waals surface area (Å²) < 4.78 is 35.1. The average Bonchev–Trinajstić information content (AvgIpc) is 3.29. The minimum atomic E-state index is -0.763. The molecule has 0 amide bonds. The van der Waals surface area contributed by atoms with Crippen LogP contribution in [0.5, 0.6) is 0 Å². The summed E-state index contributed by atoms with van der Waals surface area (Å²) in [7, 11) is 0. The fourth-order valence-electron chi connectivity index (χ4n) is 3.71. The van der Waals surface area contributed by atoms with Crippen LogP contribution >= 0.6 is 0 Å². The summed E-state index contributed by atoms with van der Waals surface area (Å²) in [6.45, 7) is 8.13. The molecule has 2 fully saturated rings. The standard InChI is InChI=1S/C25H26O5Se2/c1-24(2)26-15-18(28-24)19-20-21(30-25(3,4)29-20)22(31-16-11-7-5-8-12-16)23(27-19)32-17-13-9-6-10-14-17/h5-14,18,23H,15H2,1-4H3/t18?,23-/m1/s1. The van der Waals surface area contributed by atoms with Crippen molar-refractivity contribution < 1.29 is 23.7 Å². The molecule has 2 aromatic rings. The van der Waals surface area contributed by atoms with E-state index in [1.165, 1.54) is 13.4 Å². The molecule has 3 heterocycles. The Labute approximate surface area is 201 Å². The van der Waals surface area contributed by atoms with E-state index in [1.54, 1.807) is 0 Å². The molecule has 0 N–H and O–H groups in total. The number of hydrogen-bond acceptors (Lipinski definition) is 5. The van der Waals surface area contributed by atoms with Gasteiger partial charge in [-0.25, -0.2) is 0 Å². The molecule has 5 rings (SSSR count). The number of fused-ring (bicyclic) bond motifs is 1. The van der Waals surface area contributed by atoms with Crippen LogP contribution in [0.1, 0.15) is 27.7 Å². The second kappa shape index (κ2) is 8.57. The van der Waals surface area contributed by atoms with E-state index in [0.29, 0.717) is 18.1 Å². The zero-order valence-electron chi connectivity index (χ0n) is 18.5. The number of ether oxygens (including phenoxy) is 5. The van der Waals surface area contributed by atoms with Gasteiger partial charge in [-0.3, -0.25) is 0 Å². The van der Waals surface area contributed by atoms with E-state index >= 15 is 0 Å². The van der Waals surface area contributed by atoms with Crippen molar-refractivity contribution in [2.75, 3.05) is 6.61 Å². The second-order valence-corrected chi connectivity index (χ2v) is 13.3. The Bertz CT molecular complexity index is 1050. The Hall–Kier alpha value is -1.72. The van der Waals surface area contributed by atoms with Gasteiger partial charge in [0, 0.05) is 0 Å². The van der Waals surface area contributed by atoms with Gasteiger partial charge in [-0.15, -0.1) is 0 Å². The molecular weight excluding hydrogens is 538 g/mol. The zero-order chi connectivity index (χ0) is 22.3. The quantitative estimate of drug-likeness (QED) is 0.524. The van der Waals surface area contributed by atoms with E-state index in [-0.39, 0.29) is 41.0 Å². The first kappa shape index (κ1) is 22.1. The van der Waals surface area contributed by atoms with Crippen molar-refractivity contribution in [3.05, 3.63) is 82.4 Å². The van der Waals surface area contributed by atoms with E-state index in [1.807, 2.05) is 39.8 Å². The van der Waals surface area contributed by atoms with Crippen molar-refractivity contribution in [2.24, 2.45) is 0 Å². The Morgan fingerprint density at radius 2 is 1.41 bits per heavy atom. The van der Waals surface area contributed by atoms with Crippen molar-refractivity contribution in [1.82, 2.24) is 0 Å². The van der Waals surface area contributed by atoms with Crippen LogP contribution < -0.4 is 8.92 Å². The van der Waals surface area contributed by atoms with Gasteiger partial charge in [0.15, 0.2) is 0 Å². The van der Waals surface area contributed by atoms with Crippen LogP contribution in [0.3, 0.4) is 0 Å². The molecule has 2 atom stereocenters. The molecule has 0 saturated carbocycles. The van der Waals surface area contributed by atoms with Gasteiger partial charge in [0.2, 0.25) is 0 Å². The summed E-state index contributed by atoms with van der Waals surface area (Å²) in [4.78, 5) is 0. The molecule has 0 spiro atoms. The molecular formula is C25H26O5Se2. The van der Waals surface area contributed by atoms with Crippen LogP contribution in [0.2, 0.25) is 0 Å². The molecule has 0 radical (unpaired) electrons. The number of hydrogen-bond donors (Lipinski definition) is 0. The van der Waals surface area contributed by atoms with Crippen molar-refractivity contribution in [2.45, 2.75) is 50.4 Å². The van der Waals surface area contributed by atoms with E-state index in [4.69, 9.17) is 23.7 Å². The Kier molecular flexibility index (Phi) is 5.91. The van der Waals surface area contributed by atoms with Crippen LogP contribution in [-0.2, 0) is 23.7 Å². The molecule has 3 aliphatic rings. The fraction of sp³-hybridized carbons (Fsp3) is 0.360. The van der Waals surface area contributed by atoms with Crippen LogP contribution in [0.15, 0.2) is 82.4 Å². The van der Waals surface area contributed by atoms with Gasteiger partial charge in [0.1, 0.15) is 0 Å². The second-order valence-electron chi connectivity index (χ2n) is 8.60. The summed E-state index contributed by atoms with van der Waals surface area (Å²) in [5.74, 6) is 0.743. The van der Waals surface area contributed by atoms with Gasteiger partial charge in [0.05, 0.1) is 0 Å². The fourth-order valence-corrected chi connectivity index (χ4v) is 8.63. The summed E-state index contributed by atoms with van der Waals surface area (Å²) in [6.07, 6.45) is -0.327. The molecule has 5 nitrogen and oxygen atoms in total. The summed E-state index contributed by atoms with van der Waals surface area (Å²) in [5, 5.41) is -0.108. The van der Waals surface area contributed by atoms with Crippen molar-refractivity contribution in [3.8, 4) is 0 Å². The molecule has 0 aliphatic carbocycles. The molecule has 1 unspecified atom stereocenters. The third-order valence-corrected chi connectivity index (χ3v) is 10.5. The minimum absolute atomic E-state index is 0.0324. The molecule has 2 aromatic carbocycles. The maximum atomic E-state index is 6.71. The van der Waals surface area contributed by atoms with Gasteiger partial charge in [-0.1, -0.05) is 0 Å². The van der Waals surface area contributed by atoms with Crippen molar-refractivity contribution in [1.29, 1.82) is 0 Å². The van der Waals surface area contributed by atoms with Crippen LogP contribution in [-0.4, -0.2) is 59.2 Å². The number of benzene rings is 2. The van der Waals surface area contributed by atoms with E-state index < -0.39 is 11.6 Å². The third-order valence-electron chi connectivity index (χ3n) is 5.06. The molecule has 0 bridgehead atoms. The summed E-state index contributed by atoms with van der Waals surface area (Å²) >= 11 is 0.0760. The van der Waals surface area contributed by atoms with Gasteiger partial charge in [-0.2, -0.15) is 0 Å². The average molecular weight is 564 g/mol. The van der Waals surface area contributed by atoms with Gasteiger partial charge >= 0.3 is 202 Å². The maximum absolute atomic E-state index is 6.71. The van der Waals surface area contributed by atoms with Crippen LogP contribution in [0, 0.1) is 0 Å². The van der Waals surface area contributed by atoms with Gasteiger partial charge < -0.3 is 0 Å². The molecule has 3 aliphatic heterocycles. The first-order valence-corrected chi connectivity index (χ1v) is 14.2. The Balaban J connectivity index is 1.58. The predicted octanol–water partition coefficient (Wildman–Crippen LogP) is 2.76.